The van der Waals surface area contributed by atoms with E-state index in [0.717, 1.165) is 17.0 Å². The molecule has 1 N–H and O–H groups in total. The van der Waals surface area contributed by atoms with Gasteiger partial charge in [-0.15, -0.1) is 0 Å². The molecule has 2 rings (SSSR count). The van der Waals surface area contributed by atoms with Gasteiger partial charge in [-0.25, -0.2) is 18.9 Å². The molecule has 0 saturated heterocycles. The maximum Gasteiger partial charge on any atom is 0.337 e. The molecule has 6 nitrogen and oxygen atoms in total. The van der Waals surface area contributed by atoms with Crippen LogP contribution in [-0.2, 0) is 9.53 Å². The van der Waals surface area contributed by atoms with Crippen LogP contribution in [0.25, 0.3) is 0 Å². The molecule has 2 aromatic rings. The quantitative estimate of drug-likeness (QED) is 0.690. The minimum absolute atomic E-state index is 0.214. The van der Waals surface area contributed by atoms with E-state index in [0.29, 0.717) is 17.7 Å². The molecule has 24 heavy (non-hydrogen) atoms. The molecule has 0 aromatic heterocycles. The van der Waals surface area contributed by atoms with E-state index in [1.54, 1.807) is 19.1 Å². The monoisotopic (exact) mass is 330 g/mol. The van der Waals surface area contributed by atoms with E-state index in [-0.39, 0.29) is 11.3 Å². The summed E-state index contributed by atoms with van der Waals surface area (Å²) in [5, 5.41) is 2.55. The van der Waals surface area contributed by atoms with Gasteiger partial charge in [0, 0.05) is 5.69 Å². The Bertz CT molecular complexity index is 775. The first-order chi connectivity index (χ1) is 11.5. The van der Waals surface area contributed by atoms with Crippen LogP contribution < -0.4 is 10.2 Å². The highest BCUT2D eigenvalue weighted by atomic mass is 19.1. The van der Waals surface area contributed by atoms with Crippen molar-refractivity contribution in [2.45, 2.75) is 6.92 Å². The molecule has 0 fully saturated rings. The minimum Gasteiger partial charge on any atom is -0.465 e. The van der Waals surface area contributed by atoms with Gasteiger partial charge in [-0.1, -0.05) is 6.07 Å². The predicted octanol–water partition coefficient (Wildman–Crippen LogP) is 3.12. The number of carbonyl (C=O) groups excluding carboxylic acids is 3. The Morgan fingerprint density at radius 2 is 1.83 bits per heavy atom. The normalized spacial score (nSPS) is 9.96. The summed E-state index contributed by atoms with van der Waals surface area (Å²) >= 11 is 0. The van der Waals surface area contributed by atoms with E-state index in [1.807, 2.05) is 0 Å². The first-order valence-electron chi connectivity index (χ1n) is 6.96. The molecule has 0 aliphatic rings. The molecule has 3 amide bonds. The van der Waals surface area contributed by atoms with Gasteiger partial charge in [0.15, 0.2) is 0 Å². The van der Waals surface area contributed by atoms with E-state index < -0.39 is 17.8 Å². The minimum atomic E-state index is -0.735. The van der Waals surface area contributed by atoms with Crippen LogP contribution >= 0.6 is 0 Å². The van der Waals surface area contributed by atoms with Gasteiger partial charge < -0.3 is 10.1 Å². The number of rotatable bonds is 4. The van der Waals surface area contributed by atoms with E-state index in [9.17, 15) is 18.8 Å². The zero-order valence-corrected chi connectivity index (χ0v) is 13.1. The van der Waals surface area contributed by atoms with Gasteiger partial charge in [0.25, 0.3) is 0 Å². The third-order valence-corrected chi connectivity index (χ3v) is 3.33. The molecular weight excluding hydrogens is 315 g/mol. The molecule has 2 aromatic carbocycles. The molecule has 0 heterocycles. The molecular formula is C17H15FN2O4. The van der Waals surface area contributed by atoms with Crippen molar-refractivity contribution in [3.8, 4) is 0 Å². The van der Waals surface area contributed by atoms with Crippen molar-refractivity contribution in [1.82, 2.24) is 0 Å². The van der Waals surface area contributed by atoms with Crippen LogP contribution in [0.4, 0.5) is 20.6 Å². The number of anilines is 2. The molecule has 0 unspecified atom stereocenters. The largest absolute Gasteiger partial charge is 0.465 e. The number of nitrogens with zero attached hydrogens (tertiary/aromatic N) is 1. The molecule has 0 spiro atoms. The predicted molar refractivity (Wildman–Crippen MR) is 86.5 cm³/mol. The fraction of sp³-hybridized carbons (Fsp3) is 0.118. The van der Waals surface area contributed by atoms with Crippen molar-refractivity contribution in [1.29, 1.82) is 0 Å². The number of hydrogen-bond donors (Lipinski definition) is 1. The van der Waals surface area contributed by atoms with Crippen molar-refractivity contribution >= 4 is 29.8 Å². The Morgan fingerprint density at radius 1 is 1.17 bits per heavy atom. The van der Waals surface area contributed by atoms with Gasteiger partial charge in [0.05, 0.1) is 18.4 Å². The van der Waals surface area contributed by atoms with Crippen LogP contribution in [0.15, 0.2) is 42.5 Å². The third-order valence-electron chi connectivity index (χ3n) is 3.33. The average molecular weight is 330 g/mol. The molecule has 0 aliphatic heterocycles. The summed E-state index contributed by atoms with van der Waals surface area (Å²) in [6.07, 6.45) is 0.321. The first-order valence-corrected chi connectivity index (χ1v) is 6.96. The molecule has 0 radical (unpaired) electrons. The SMILES string of the molecule is COC(=O)c1ccc(C)c(NC(=O)N(C=O)c2ccc(F)cc2)c1. The highest BCUT2D eigenvalue weighted by Gasteiger charge is 2.17. The van der Waals surface area contributed by atoms with Crippen molar-refractivity contribution in [3.05, 3.63) is 59.4 Å². The fourth-order valence-corrected chi connectivity index (χ4v) is 2.00. The summed E-state index contributed by atoms with van der Waals surface area (Å²) in [5.41, 5.74) is 1.53. The number of halogens is 1. The Balaban J connectivity index is 2.25. The van der Waals surface area contributed by atoms with Crippen molar-refractivity contribution in [2.24, 2.45) is 0 Å². The number of carbonyl (C=O) groups is 3. The molecule has 124 valence electrons. The van der Waals surface area contributed by atoms with Gasteiger partial charge in [-0.2, -0.15) is 0 Å². The maximum atomic E-state index is 13.0. The lowest BCUT2D eigenvalue weighted by Crippen LogP contribution is -2.34. The standard InChI is InChI=1S/C17H15FN2O4/c1-11-3-4-12(16(22)24-2)9-15(11)19-17(23)20(10-21)14-7-5-13(18)6-8-14/h3-10H,1-2H3,(H,19,23). The van der Waals surface area contributed by atoms with Gasteiger partial charge in [-0.05, 0) is 48.9 Å². The number of esters is 1. The van der Waals surface area contributed by atoms with E-state index >= 15 is 0 Å². The number of amides is 3. The summed E-state index contributed by atoms with van der Waals surface area (Å²) in [5.74, 6) is -1.03. The topological polar surface area (TPSA) is 75.7 Å². The second-order valence-electron chi connectivity index (χ2n) is 4.90. The lowest BCUT2D eigenvalue weighted by Gasteiger charge is -2.17. The smallest absolute Gasteiger partial charge is 0.337 e. The van der Waals surface area contributed by atoms with Gasteiger partial charge in [0.2, 0.25) is 6.41 Å². The second-order valence-corrected chi connectivity index (χ2v) is 4.90. The highest BCUT2D eigenvalue weighted by Crippen LogP contribution is 2.20. The molecule has 0 saturated carbocycles. The van der Waals surface area contributed by atoms with Gasteiger partial charge >= 0.3 is 12.0 Å². The third kappa shape index (κ3) is 3.75. The number of imide groups is 1. The number of urea groups is 1. The Morgan fingerprint density at radius 3 is 2.42 bits per heavy atom. The van der Waals surface area contributed by atoms with E-state index in [1.165, 1.54) is 25.3 Å². The summed E-state index contributed by atoms with van der Waals surface area (Å²) in [7, 11) is 1.25. The van der Waals surface area contributed by atoms with Crippen molar-refractivity contribution in [2.75, 3.05) is 17.3 Å². The average Bonchev–Trinajstić information content (AvgIpc) is 2.58. The summed E-state index contributed by atoms with van der Waals surface area (Å²) in [6.45, 7) is 1.74. The molecule has 0 aliphatic carbocycles. The highest BCUT2D eigenvalue weighted by molar-refractivity contribution is 6.12. The van der Waals surface area contributed by atoms with Crippen molar-refractivity contribution in [3.63, 3.8) is 0 Å². The van der Waals surface area contributed by atoms with Crippen LogP contribution in [0.5, 0.6) is 0 Å². The zero-order chi connectivity index (χ0) is 17.7. The van der Waals surface area contributed by atoms with Crippen LogP contribution in [0.3, 0.4) is 0 Å². The Labute approximate surface area is 137 Å². The lowest BCUT2D eigenvalue weighted by atomic mass is 10.1. The molecule has 0 bridgehead atoms. The number of benzene rings is 2. The van der Waals surface area contributed by atoms with Crippen LogP contribution in [-0.4, -0.2) is 25.5 Å². The molecule has 7 heteroatoms. The Hall–Kier alpha value is -3.22. The Kier molecular flexibility index (Phi) is 5.26. The zero-order valence-electron chi connectivity index (χ0n) is 13.1. The number of methoxy groups -OCH3 is 1. The first kappa shape index (κ1) is 17.1. The van der Waals surface area contributed by atoms with Gasteiger partial charge in [0.1, 0.15) is 5.82 Å². The second kappa shape index (κ2) is 7.36. The number of ether oxygens (including phenoxy) is 1. The summed E-state index contributed by atoms with van der Waals surface area (Å²) in [6, 6.07) is 8.82. The molecule has 0 atom stereocenters. The van der Waals surface area contributed by atoms with E-state index in [4.69, 9.17) is 0 Å². The number of aryl methyl sites for hydroxylation is 1. The summed E-state index contributed by atoms with van der Waals surface area (Å²) < 4.78 is 17.6. The van der Waals surface area contributed by atoms with Crippen LogP contribution in [0, 0.1) is 12.7 Å². The maximum absolute atomic E-state index is 13.0. The summed E-state index contributed by atoms with van der Waals surface area (Å²) in [4.78, 5) is 35.9. The lowest BCUT2D eigenvalue weighted by molar-refractivity contribution is -0.106. The van der Waals surface area contributed by atoms with Crippen molar-refractivity contribution < 1.29 is 23.5 Å². The number of hydrogen-bond acceptors (Lipinski definition) is 4. The fourth-order valence-electron chi connectivity index (χ4n) is 2.00. The number of nitrogens with one attached hydrogen (secondary N) is 1. The van der Waals surface area contributed by atoms with E-state index in [2.05, 4.69) is 10.1 Å². The van der Waals surface area contributed by atoms with Crippen LogP contribution in [0.1, 0.15) is 15.9 Å². The van der Waals surface area contributed by atoms with Gasteiger partial charge in [-0.3, -0.25) is 4.79 Å². The van der Waals surface area contributed by atoms with Crippen LogP contribution in [0.2, 0.25) is 0 Å².